The fourth-order valence-corrected chi connectivity index (χ4v) is 1.89. The molecular formula is C11H13BrO4. The van der Waals surface area contributed by atoms with Gasteiger partial charge in [-0.2, -0.15) is 0 Å². The van der Waals surface area contributed by atoms with Gasteiger partial charge in [-0.3, -0.25) is 4.79 Å². The Labute approximate surface area is 102 Å². The summed E-state index contributed by atoms with van der Waals surface area (Å²) in [5.41, 5.74) is 0.687. The molecule has 1 rings (SSSR count). The first-order chi connectivity index (χ1) is 7.54. The molecule has 0 unspecified atom stereocenters. The van der Waals surface area contributed by atoms with Crippen molar-refractivity contribution in [1.29, 1.82) is 0 Å². The van der Waals surface area contributed by atoms with Gasteiger partial charge in [0.15, 0.2) is 11.5 Å². The molecule has 0 aliphatic carbocycles. The molecule has 0 bridgehead atoms. The van der Waals surface area contributed by atoms with E-state index in [-0.39, 0.29) is 12.2 Å². The number of benzene rings is 1. The van der Waals surface area contributed by atoms with Crippen LogP contribution in [0, 0.1) is 0 Å². The molecule has 0 saturated carbocycles. The van der Waals surface area contributed by atoms with Crippen molar-refractivity contribution in [2.24, 2.45) is 0 Å². The Morgan fingerprint density at radius 3 is 2.75 bits per heavy atom. The van der Waals surface area contributed by atoms with Crippen molar-refractivity contribution < 1.29 is 19.7 Å². The van der Waals surface area contributed by atoms with Gasteiger partial charge in [-0.1, -0.05) is 15.9 Å². The number of ether oxygens (including phenoxy) is 1. The van der Waals surface area contributed by atoms with E-state index in [1.807, 2.05) is 0 Å². The van der Waals surface area contributed by atoms with Gasteiger partial charge in [0, 0.05) is 10.9 Å². The highest BCUT2D eigenvalue weighted by atomic mass is 79.9. The molecule has 0 saturated heterocycles. The molecule has 0 radical (unpaired) electrons. The lowest BCUT2D eigenvalue weighted by atomic mass is 10.1. The van der Waals surface area contributed by atoms with Gasteiger partial charge in [0.25, 0.3) is 0 Å². The first kappa shape index (κ1) is 12.8. The maximum atomic E-state index is 10.4. The van der Waals surface area contributed by atoms with Crippen LogP contribution in [0.25, 0.3) is 0 Å². The van der Waals surface area contributed by atoms with Crippen LogP contribution in [0.5, 0.6) is 11.5 Å². The fourth-order valence-electron chi connectivity index (χ4n) is 1.40. The summed E-state index contributed by atoms with van der Waals surface area (Å²) in [7, 11) is 1.47. The molecule has 88 valence electrons. The van der Waals surface area contributed by atoms with E-state index >= 15 is 0 Å². The number of halogens is 1. The van der Waals surface area contributed by atoms with Crippen molar-refractivity contribution in [1.82, 2.24) is 0 Å². The van der Waals surface area contributed by atoms with Gasteiger partial charge < -0.3 is 14.9 Å². The zero-order valence-corrected chi connectivity index (χ0v) is 10.5. The summed E-state index contributed by atoms with van der Waals surface area (Å²) in [4.78, 5) is 10.4. The van der Waals surface area contributed by atoms with Crippen molar-refractivity contribution in [3.63, 3.8) is 0 Å². The second-order valence-electron chi connectivity index (χ2n) is 3.36. The molecule has 5 heteroatoms. The third-order valence-electron chi connectivity index (χ3n) is 2.18. The molecule has 16 heavy (non-hydrogen) atoms. The number of aliphatic carboxylic acids is 1. The minimum atomic E-state index is -0.832. The molecule has 0 amide bonds. The van der Waals surface area contributed by atoms with Crippen molar-refractivity contribution in [2.75, 3.05) is 7.11 Å². The summed E-state index contributed by atoms with van der Waals surface area (Å²) >= 11 is 3.30. The van der Waals surface area contributed by atoms with Crippen LogP contribution in [0.3, 0.4) is 0 Å². The molecule has 0 aromatic heterocycles. The second-order valence-corrected chi connectivity index (χ2v) is 4.28. The van der Waals surface area contributed by atoms with Crippen LogP contribution in [-0.4, -0.2) is 23.3 Å². The maximum Gasteiger partial charge on any atom is 0.303 e. The number of methoxy groups -OCH3 is 1. The Kier molecular flexibility index (Phi) is 4.61. The fraction of sp³-hybridized carbons (Fsp3) is 0.364. The minimum Gasteiger partial charge on any atom is -0.504 e. The predicted octanol–water partition coefficient (Wildman–Crippen LogP) is 2.57. The van der Waals surface area contributed by atoms with Crippen LogP contribution < -0.4 is 4.74 Å². The summed E-state index contributed by atoms with van der Waals surface area (Å²) in [5.74, 6) is -0.364. The van der Waals surface area contributed by atoms with Crippen molar-refractivity contribution >= 4 is 21.9 Å². The van der Waals surface area contributed by atoms with Crippen LogP contribution in [0.15, 0.2) is 16.6 Å². The standard InChI is InChI=1S/C11H13BrO4/c1-16-9-6-8(12)5-7(11(9)15)3-2-4-10(13)14/h5-6,15H,2-4H2,1H3,(H,13,14). The molecule has 2 N–H and O–H groups in total. The third kappa shape index (κ3) is 3.41. The monoisotopic (exact) mass is 288 g/mol. The highest BCUT2D eigenvalue weighted by Gasteiger charge is 2.10. The topological polar surface area (TPSA) is 66.8 Å². The summed E-state index contributed by atoms with van der Waals surface area (Å²) < 4.78 is 5.80. The molecule has 0 atom stereocenters. The molecule has 1 aromatic carbocycles. The number of hydrogen-bond acceptors (Lipinski definition) is 3. The lowest BCUT2D eigenvalue weighted by Crippen LogP contribution is -1.97. The van der Waals surface area contributed by atoms with Crippen molar-refractivity contribution in [3.05, 3.63) is 22.2 Å². The summed E-state index contributed by atoms with van der Waals surface area (Å²) in [6, 6.07) is 3.43. The molecule has 0 fully saturated rings. The van der Waals surface area contributed by atoms with E-state index in [0.717, 1.165) is 4.47 Å². The van der Waals surface area contributed by atoms with Crippen LogP contribution in [0.4, 0.5) is 0 Å². The number of aromatic hydroxyl groups is 1. The lowest BCUT2D eigenvalue weighted by Gasteiger charge is -2.09. The normalized spacial score (nSPS) is 10.1. The Morgan fingerprint density at radius 2 is 2.19 bits per heavy atom. The van der Waals surface area contributed by atoms with Gasteiger partial charge in [-0.25, -0.2) is 0 Å². The summed E-state index contributed by atoms with van der Waals surface area (Å²) in [5, 5.41) is 18.3. The highest BCUT2D eigenvalue weighted by Crippen LogP contribution is 2.34. The number of phenols is 1. The average Bonchev–Trinajstić information content (AvgIpc) is 2.22. The molecule has 4 nitrogen and oxygen atoms in total. The summed E-state index contributed by atoms with van der Waals surface area (Å²) in [6.45, 7) is 0. The van der Waals surface area contributed by atoms with Crippen LogP contribution in [0.1, 0.15) is 18.4 Å². The van der Waals surface area contributed by atoms with Crippen LogP contribution >= 0.6 is 15.9 Å². The first-order valence-electron chi connectivity index (χ1n) is 4.81. The van der Waals surface area contributed by atoms with Gasteiger partial charge in [0.05, 0.1) is 7.11 Å². The maximum absolute atomic E-state index is 10.4. The third-order valence-corrected chi connectivity index (χ3v) is 2.63. The van der Waals surface area contributed by atoms with E-state index < -0.39 is 5.97 Å². The number of phenolic OH excluding ortho intramolecular Hbond substituents is 1. The van der Waals surface area contributed by atoms with Crippen molar-refractivity contribution in [2.45, 2.75) is 19.3 Å². The van der Waals surface area contributed by atoms with E-state index in [1.165, 1.54) is 7.11 Å². The summed E-state index contributed by atoms with van der Waals surface area (Å²) in [6.07, 6.45) is 1.09. The zero-order chi connectivity index (χ0) is 12.1. The average molecular weight is 289 g/mol. The van der Waals surface area contributed by atoms with Crippen LogP contribution in [0.2, 0.25) is 0 Å². The lowest BCUT2D eigenvalue weighted by molar-refractivity contribution is -0.137. The number of carbonyl (C=O) groups is 1. The number of rotatable bonds is 5. The zero-order valence-electron chi connectivity index (χ0n) is 8.86. The second kappa shape index (κ2) is 5.75. The molecule has 0 aliphatic heterocycles. The molecular weight excluding hydrogens is 276 g/mol. The van der Waals surface area contributed by atoms with Gasteiger partial charge >= 0.3 is 5.97 Å². The van der Waals surface area contributed by atoms with Gasteiger partial charge in [0.1, 0.15) is 0 Å². The quantitative estimate of drug-likeness (QED) is 0.874. The van der Waals surface area contributed by atoms with Gasteiger partial charge in [-0.15, -0.1) is 0 Å². The number of hydrogen-bond donors (Lipinski definition) is 2. The smallest absolute Gasteiger partial charge is 0.303 e. The Hall–Kier alpha value is -1.23. The largest absolute Gasteiger partial charge is 0.504 e. The van der Waals surface area contributed by atoms with E-state index in [1.54, 1.807) is 12.1 Å². The van der Waals surface area contributed by atoms with E-state index in [2.05, 4.69) is 15.9 Å². The minimum absolute atomic E-state index is 0.0797. The number of aryl methyl sites for hydroxylation is 1. The molecule has 0 aliphatic rings. The molecule has 1 aromatic rings. The van der Waals surface area contributed by atoms with E-state index in [9.17, 15) is 9.90 Å². The Balaban J connectivity index is 2.78. The molecule has 0 spiro atoms. The van der Waals surface area contributed by atoms with Crippen molar-refractivity contribution in [3.8, 4) is 11.5 Å². The molecule has 0 heterocycles. The predicted molar refractivity (Wildman–Crippen MR) is 62.9 cm³/mol. The van der Waals surface area contributed by atoms with Gasteiger partial charge in [-0.05, 0) is 30.5 Å². The van der Waals surface area contributed by atoms with E-state index in [4.69, 9.17) is 9.84 Å². The highest BCUT2D eigenvalue weighted by molar-refractivity contribution is 9.10. The van der Waals surface area contributed by atoms with Crippen LogP contribution in [-0.2, 0) is 11.2 Å². The first-order valence-corrected chi connectivity index (χ1v) is 5.61. The van der Waals surface area contributed by atoms with Gasteiger partial charge in [0.2, 0.25) is 0 Å². The number of carboxylic acids is 1. The Morgan fingerprint density at radius 1 is 1.50 bits per heavy atom. The number of carboxylic acid groups (broad SMARTS) is 1. The Bertz CT molecular complexity index is 390. The SMILES string of the molecule is COc1cc(Br)cc(CCCC(=O)O)c1O. The van der Waals surface area contributed by atoms with E-state index in [0.29, 0.717) is 24.2 Å².